The summed E-state index contributed by atoms with van der Waals surface area (Å²) in [5.74, 6) is -0.289. The number of rotatable bonds is 6. The molecule has 7 heteroatoms. The zero-order chi connectivity index (χ0) is 12.8. The maximum atomic E-state index is 11.5. The monoisotopic (exact) mass is 260 g/mol. The number of ether oxygens (including phenoxy) is 2. The molecule has 0 aromatic heterocycles. The minimum atomic E-state index is -1.84. The van der Waals surface area contributed by atoms with E-state index in [9.17, 15) is 9.00 Å². The Morgan fingerprint density at radius 1 is 1.29 bits per heavy atom. The fourth-order valence-corrected chi connectivity index (χ4v) is 1.82. The maximum absolute atomic E-state index is 11.5. The SMILES string of the molecule is COc1ccc(S(=O)OCC(=O)O)cc1OC. The fourth-order valence-electron chi connectivity index (χ4n) is 1.09. The van der Waals surface area contributed by atoms with Crippen molar-refractivity contribution in [1.29, 1.82) is 0 Å². The normalized spacial score (nSPS) is 11.9. The molecule has 0 heterocycles. The number of aliphatic carboxylic acids is 1. The molecule has 0 radical (unpaired) electrons. The lowest BCUT2D eigenvalue weighted by Crippen LogP contribution is -2.09. The van der Waals surface area contributed by atoms with Crippen molar-refractivity contribution in [2.24, 2.45) is 0 Å². The highest BCUT2D eigenvalue weighted by Crippen LogP contribution is 2.28. The van der Waals surface area contributed by atoms with Crippen molar-refractivity contribution in [3.8, 4) is 11.5 Å². The molecule has 0 aliphatic rings. The van der Waals surface area contributed by atoms with Gasteiger partial charge in [0, 0.05) is 6.07 Å². The Morgan fingerprint density at radius 2 is 1.94 bits per heavy atom. The molecule has 0 spiro atoms. The van der Waals surface area contributed by atoms with E-state index in [0.717, 1.165) is 0 Å². The Morgan fingerprint density at radius 3 is 2.47 bits per heavy atom. The predicted molar refractivity (Wildman–Crippen MR) is 59.5 cm³/mol. The minimum absolute atomic E-state index is 0.309. The summed E-state index contributed by atoms with van der Waals surface area (Å²) in [6.07, 6.45) is 0. The molecule has 1 rings (SSSR count). The second-order valence-electron chi connectivity index (χ2n) is 2.91. The number of carbonyl (C=O) groups is 1. The van der Waals surface area contributed by atoms with Gasteiger partial charge in [-0.2, -0.15) is 0 Å². The number of methoxy groups -OCH3 is 2. The van der Waals surface area contributed by atoms with E-state index in [2.05, 4.69) is 4.18 Å². The lowest BCUT2D eigenvalue weighted by Gasteiger charge is -2.08. The minimum Gasteiger partial charge on any atom is -0.493 e. The summed E-state index contributed by atoms with van der Waals surface area (Å²) in [6.45, 7) is -0.624. The third-order valence-electron chi connectivity index (χ3n) is 1.84. The van der Waals surface area contributed by atoms with Crippen LogP contribution in [0.25, 0.3) is 0 Å². The first kappa shape index (κ1) is 13.5. The van der Waals surface area contributed by atoms with Crippen molar-refractivity contribution in [2.75, 3.05) is 20.8 Å². The molecule has 0 fully saturated rings. The van der Waals surface area contributed by atoms with E-state index in [0.29, 0.717) is 16.4 Å². The zero-order valence-corrected chi connectivity index (χ0v) is 10.2. The van der Waals surface area contributed by atoms with Crippen LogP contribution in [-0.4, -0.2) is 36.1 Å². The maximum Gasteiger partial charge on any atom is 0.331 e. The van der Waals surface area contributed by atoms with Crippen molar-refractivity contribution in [3.05, 3.63) is 18.2 Å². The van der Waals surface area contributed by atoms with Crippen molar-refractivity contribution >= 4 is 17.0 Å². The van der Waals surface area contributed by atoms with Crippen molar-refractivity contribution in [1.82, 2.24) is 0 Å². The highest BCUT2D eigenvalue weighted by atomic mass is 32.2. The molecular formula is C10H12O6S. The molecule has 1 aromatic rings. The summed E-state index contributed by atoms with van der Waals surface area (Å²) in [4.78, 5) is 10.6. The van der Waals surface area contributed by atoms with Crippen LogP contribution in [0.5, 0.6) is 11.5 Å². The first-order chi connectivity index (χ1) is 8.08. The molecule has 1 atom stereocenters. The third-order valence-corrected chi connectivity index (χ3v) is 2.81. The number of hydrogen-bond donors (Lipinski definition) is 1. The first-order valence-electron chi connectivity index (χ1n) is 4.57. The van der Waals surface area contributed by atoms with Crippen LogP contribution in [0.4, 0.5) is 0 Å². The molecule has 0 amide bonds. The van der Waals surface area contributed by atoms with Crippen LogP contribution in [0, 0.1) is 0 Å². The molecule has 0 bridgehead atoms. The molecule has 94 valence electrons. The Bertz CT molecular complexity index is 431. The lowest BCUT2D eigenvalue weighted by atomic mass is 10.3. The second-order valence-corrected chi connectivity index (χ2v) is 4.08. The Hall–Kier alpha value is -1.60. The second kappa shape index (κ2) is 6.21. The summed E-state index contributed by atoms with van der Waals surface area (Å²) in [6, 6.07) is 4.55. The van der Waals surface area contributed by atoms with Crippen LogP contribution < -0.4 is 9.47 Å². The summed E-state index contributed by atoms with van der Waals surface area (Å²) in [5.41, 5.74) is 0. The summed E-state index contributed by atoms with van der Waals surface area (Å²) in [7, 11) is 2.93. The van der Waals surface area contributed by atoms with E-state index in [1.807, 2.05) is 0 Å². The van der Waals surface area contributed by atoms with E-state index >= 15 is 0 Å². The number of carboxylic acid groups (broad SMARTS) is 1. The van der Waals surface area contributed by atoms with Gasteiger partial charge >= 0.3 is 5.97 Å². The smallest absolute Gasteiger partial charge is 0.331 e. The van der Waals surface area contributed by atoms with Crippen LogP contribution in [0.1, 0.15) is 0 Å². The van der Waals surface area contributed by atoms with Gasteiger partial charge < -0.3 is 14.6 Å². The standard InChI is InChI=1S/C10H12O6S/c1-14-8-4-3-7(5-9(8)15-2)17(13)16-6-10(11)12/h3-5H,6H2,1-2H3,(H,11,12). The molecular weight excluding hydrogens is 248 g/mol. The number of carboxylic acids is 1. The zero-order valence-electron chi connectivity index (χ0n) is 9.34. The molecule has 0 aliphatic carbocycles. The van der Waals surface area contributed by atoms with Gasteiger partial charge in [0.1, 0.15) is 0 Å². The van der Waals surface area contributed by atoms with E-state index in [1.165, 1.54) is 26.4 Å². The quantitative estimate of drug-likeness (QED) is 0.815. The molecule has 1 aromatic carbocycles. The van der Waals surface area contributed by atoms with Gasteiger partial charge in [0.25, 0.3) is 0 Å². The molecule has 0 aliphatic heterocycles. The molecule has 1 unspecified atom stereocenters. The largest absolute Gasteiger partial charge is 0.493 e. The number of hydrogen-bond acceptors (Lipinski definition) is 5. The lowest BCUT2D eigenvalue weighted by molar-refractivity contribution is -0.139. The van der Waals surface area contributed by atoms with Gasteiger partial charge in [-0.25, -0.2) is 9.00 Å². The molecule has 1 N–H and O–H groups in total. The van der Waals surface area contributed by atoms with Crippen LogP contribution in [0.2, 0.25) is 0 Å². The third kappa shape index (κ3) is 3.72. The molecule has 0 saturated heterocycles. The Labute approximate surface area is 101 Å². The van der Waals surface area contributed by atoms with Gasteiger partial charge in [-0.05, 0) is 12.1 Å². The average Bonchev–Trinajstić information content (AvgIpc) is 2.34. The van der Waals surface area contributed by atoms with E-state index in [-0.39, 0.29) is 0 Å². The Balaban J connectivity index is 2.84. The predicted octanol–water partition coefficient (Wildman–Crippen LogP) is 0.828. The Kier molecular flexibility index (Phi) is 4.92. The first-order valence-corrected chi connectivity index (χ1v) is 5.65. The van der Waals surface area contributed by atoms with Gasteiger partial charge in [0.05, 0.1) is 19.1 Å². The van der Waals surface area contributed by atoms with Crippen molar-refractivity contribution in [3.63, 3.8) is 0 Å². The topological polar surface area (TPSA) is 82.1 Å². The molecule has 0 saturated carbocycles. The summed E-state index contributed by atoms with van der Waals surface area (Å²) < 4.78 is 26.2. The van der Waals surface area contributed by atoms with Gasteiger partial charge in [-0.3, -0.25) is 4.18 Å². The highest BCUT2D eigenvalue weighted by Gasteiger charge is 2.11. The van der Waals surface area contributed by atoms with Gasteiger partial charge in [0.15, 0.2) is 29.2 Å². The fraction of sp³-hybridized carbons (Fsp3) is 0.300. The summed E-state index contributed by atoms with van der Waals surface area (Å²) in [5, 5.41) is 8.39. The van der Waals surface area contributed by atoms with Gasteiger partial charge in [-0.15, -0.1) is 0 Å². The van der Waals surface area contributed by atoms with Crippen LogP contribution in [0.15, 0.2) is 23.1 Å². The van der Waals surface area contributed by atoms with Gasteiger partial charge in [0.2, 0.25) is 0 Å². The van der Waals surface area contributed by atoms with E-state index < -0.39 is 23.7 Å². The van der Waals surface area contributed by atoms with E-state index in [1.54, 1.807) is 6.07 Å². The van der Waals surface area contributed by atoms with Crippen molar-refractivity contribution in [2.45, 2.75) is 4.90 Å². The van der Waals surface area contributed by atoms with Crippen molar-refractivity contribution < 1.29 is 27.8 Å². The molecule has 6 nitrogen and oxygen atoms in total. The van der Waals surface area contributed by atoms with Gasteiger partial charge in [-0.1, -0.05) is 0 Å². The van der Waals surface area contributed by atoms with Crippen LogP contribution >= 0.6 is 0 Å². The number of benzene rings is 1. The highest BCUT2D eigenvalue weighted by molar-refractivity contribution is 7.80. The molecule has 17 heavy (non-hydrogen) atoms. The average molecular weight is 260 g/mol. The van der Waals surface area contributed by atoms with E-state index in [4.69, 9.17) is 14.6 Å². The van der Waals surface area contributed by atoms with Crippen LogP contribution in [-0.2, 0) is 20.1 Å². The van der Waals surface area contributed by atoms with Crippen LogP contribution in [0.3, 0.4) is 0 Å². The summed E-state index contributed by atoms with van der Waals surface area (Å²) >= 11 is -1.84.